The van der Waals surface area contributed by atoms with E-state index in [2.05, 4.69) is 24.1 Å². The zero-order valence-corrected chi connectivity index (χ0v) is 11.9. The predicted octanol–water partition coefficient (Wildman–Crippen LogP) is 3.44. The van der Waals surface area contributed by atoms with Gasteiger partial charge in [0.1, 0.15) is 6.07 Å². The molecule has 1 aromatic rings. The fraction of sp³-hybridized carbons (Fsp3) is 0.600. The van der Waals surface area contributed by atoms with Gasteiger partial charge in [0, 0.05) is 11.9 Å². The summed E-state index contributed by atoms with van der Waals surface area (Å²) in [4.78, 5) is 3.93. The topological polar surface area (TPSA) is 48.7 Å². The smallest absolute Gasteiger partial charge is 0.101 e. The summed E-state index contributed by atoms with van der Waals surface area (Å²) in [6.07, 6.45) is 6.86. The molecule has 0 saturated heterocycles. The Balaban J connectivity index is 0.000000321. The first-order valence-corrected chi connectivity index (χ1v) is 6.78. The van der Waals surface area contributed by atoms with Gasteiger partial charge in [0.15, 0.2) is 0 Å². The van der Waals surface area contributed by atoms with Gasteiger partial charge in [0.05, 0.1) is 5.56 Å². The van der Waals surface area contributed by atoms with E-state index in [1.807, 2.05) is 19.1 Å². The first-order chi connectivity index (χ1) is 8.74. The van der Waals surface area contributed by atoms with Crippen LogP contribution in [-0.2, 0) is 0 Å². The molecule has 0 amide bonds. The number of nitrogens with one attached hydrogen (secondary N) is 1. The number of aromatic nitrogens is 1. The minimum Gasteiger partial charge on any atom is -0.317 e. The fourth-order valence-corrected chi connectivity index (χ4v) is 1.34. The van der Waals surface area contributed by atoms with Gasteiger partial charge in [-0.2, -0.15) is 5.26 Å². The van der Waals surface area contributed by atoms with Crippen LogP contribution in [0.1, 0.15) is 50.8 Å². The minimum absolute atomic E-state index is 0.612. The lowest BCUT2D eigenvalue weighted by Crippen LogP contribution is -2.15. The monoisotopic (exact) mass is 247 g/mol. The molecular weight excluding hydrogens is 222 g/mol. The largest absolute Gasteiger partial charge is 0.317 e. The molecule has 0 radical (unpaired) electrons. The number of hydrogen-bond donors (Lipinski definition) is 1. The Labute approximate surface area is 111 Å². The molecule has 1 aromatic heterocycles. The van der Waals surface area contributed by atoms with Crippen molar-refractivity contribution >= 4 is 0 Å². The Morgan fingerprint density at radius 1 is 1.17 bits per heavy atom. The van der Waals surface area contributed by atoms with E-state index < -0.39 is 0 Å². The van der Waals surface area contributed by atoms with E-state index in [-0.39, 0.29) is 0 Å². The van der Waals surface area contributed by atoms with Crippen LogP contribution < -0.4 is 5.32 Å². The highest BCUT2D eigenvalue weighted by molar-refractivity contribution is 5.25. The lowest BCUT2D eigenvalue weighted by molar-refractivity contribution is 0.611. The maximum atomic E-state index is 8.34. The summed E-state index contributed by atoms with van der Waals surface area (Å²) in [6.45, 7) is 8.72. The first-order valence-electron chi connectivity index (χ1n) is 6.78. The molecule has 1 N–H and O–H groups in total. The number of aryl methyl sites for hydroxylation is 1. The molecular formula is C15H25N3. The number of nitrogens with zero attached hydrogens (tertiary/aromatic N) is 2. The molecule has 0 fully saturated rings. The summed E-state index contributed by atoms with van der Waals surface area (Å²) >= 11 is 0. The molecule has 1 heterocycles. The maximum Gasteiger partial charge on any atom is 0.101 e. The Kier molecular flexibility index (Phi) is 11.1. The third-order valence-corrected chi connectivity index (χ3v) is 2.42. The minimum atomic E-state index is 0.612. The van der Waals surface area contributed by atoms with E-state index in [4.69, 9.17) is 5.26 Å². The highest BCUT2D eigenvalue weighted by Crippen LogP contribution is 1.95. The van der Waals surface area contributed by atoms with Gasteiger partial charge in [0.25, 0.3) is 0 Å². The molecule has 18 heavy (non-hydrogen) atoms. The van der Waals surface area contributed by atoms with Gasteiger partial charge < -0.3 is 5.32 Å². The molecule has 0 saturated carbocycles. The normalized spacial score (nSPS) is 9.22. The molecule has 0 atom stereocenters. The number of unbranched alkanes of at least 4 members (excludes halogenated alkanes) is 2. The summed E-state index contributed by atoms with van der Waals surface area (Å²) in [5, 5.41) is 11.7. The summed E-state index contributed by atoms with van der Waals surface area (Å²) < 4.78 is 0. The Hall–Kier alpha value is -1.40. The maximum absolute atomic E-state index is 8.34. The first kappa shape index (κ1) is 16.6. The summed E-state index contributed by atoms with van der Waals surface area (Å²) in [6, 6.07) is 5.56. The van der Waals surface area contributed by atoms with Crippen LogP contribution in [0.4, 0.5) is 0 Å². The van der Waals surface area contributed by atoms with E-state index in [0.717, 1.165) is 5.69 Å². The van der Waals surface area contributed by atoms with Crippen molar-refractivity contribution in [3.63, 3.8) is 0 Å². The Bertz CT molecular complexity index is 319. The molecule has 3 nitrogen and oxygen atoms in total. The van der Waals surface area contributed by atoms with Crippen LogP contribution >= 0.6 is 0 Å². The SMILES string of the molecule is CCCCCNCCC.Cc1ccc(C#N)cn1. The molecule has 3 heteroatoms. The van der Waals surface area contributed by atoms with Gasteiger partial charge in [-0.25, -0.2) is 0 Å². The van der Waals surface area contributed by atoms with Gasteiger partial charge in [-0.3, -0.25) is 4.98 Å². The van der Waals surface area contributed by atoms with E-state index in [9.17, 15) is 0 Å². The van der Waals surface area contributed by atoms with Gasteiger partial charge in [-0.1, -0.05) is 26.7 Å². The van der Waals surface area contributed by atoms with Crippen LogP contribution in [-0.4, -0.2) is 18.1 Å². The predicted molar refractivity (Wildman–Crippen MR) is 76.4 cm³/mol. The molecule has 0 unspecified atom stereocenters. The second-order valence-electron chi connectivity index (χ2n) is 4.26. The molecule has 0 aliphatic carbocycles. The Morgan fingerprint density at radius 3 is 2.44 bits per heavy atom. The van der Waals surface area contributed by atoms with Crippen LogP contribution in [0.3, 0.4) is 0 Å². The van der Waals surface area contributed by atoms with Crippen molar-refractivity contribution in [3.8, 4) is 6.07 Å². The average Bonchev–Trinajstić information content (AvgIpc) is 2.40. The second-order valence-corrected chi connectivity index (χ2v) is 4.26. The average molecular weight is 247 g/mol. The van der Waals surface area contributed by atoms with E-state index in [1.54, 1.807) is 12.3 Å². The second kappa shape index (κ2) is 12.1. The Morgan fingerprint density at radius 2 is 1.94 bits per heavy atom. The molecule has 0 bridgehead atoms. The van der Waals surface area contributed by atoms with Gasteiger partial charge in [-0.15, -0.1) is 0 Å². The zero-order chi connectivity index (χ0) is 13.6. The summed E-state index contributed by atoms with van der Waals surface area (Å²) in [7, 11) is 0. The van der Waals surface area contributed by atoms with Gasteiger partial charge >= 0.3 is 0 Å². The highest BCUT2D eigenvalue weighted by Gasteiger charge is 1.86. The van der Waals surface area contributed by atoms with Crippen molar-refractivity contribution in [2.24, 2.45) is 0 Å². The van der Waals surface area contributed by atoms with Crippen molar-refractivity contribution < 1.29 is 0 Å². The number of pyridine rings is 1. The van der Waals surface area contributed by atoms with E-state index >= 15 is 0 Å². The highest BCUT2D eigenvalue weighted by atomic mass is 14.8. The molecule has 0 spiro atoms. The molecule has 1 rings (SSSR count). The van der Waals surface area contributed by atoms with E-state index in [1.165, 1.54) is 38.8 Å². The lowest BCUT2D eigenvalue weighted by Gasteiger charge is -1.99. The van der Waals surface area contributed by atoms with Crippen LogP contribution in [0.15, 0.2) is 18.3 Å². The van der Waals surface area contributed by atoms with Crippen LogP contribution in [0.25, 0.3) is 0 Å². The van der Waals surface area contributed by atoms with Crippen molar-refractivity contribution in [3.05, 3.63) is 29.6 Å². The van der Waals surface area contributed by atoms with Crippen molar-refractivity contribution in [2.75, 3.05) is 13.1 Å². The van der Waals surface area contributed by atoms with Crippen LogP contribution in [0.5, 0.6) is 0 Å². The third kappa shape index (κ3) is 9.80. The standard InChI is InChI=1S/C8H19N.C7H6N2/c1-3-5-6-8-9-7-4-2;1-6-2-3-7(4-8)5-9-6/h9H,3-8H2,1-2H3;2-3,5H,1H3. The van der Waals surface area contributed by atoms with Gasteiger partial charge in [-0.05, 0) is 45.0 Å². The van der Waals surface area contributed by atoms with Crippen LogP contribution in [0, 0.1) is 18.3 Å². The summed E-state index contributed by atoms with van der Waals surface area (Å²) in [5.41, 5.74) is 1.55. The molecule has 0 aliphatic heterocycles. The molecule has 0 aromatic carbocycles. The van der Waals surface area contributed by atoms with Crippen molar-refractivity contribution in [2.45, 2.75) is 46.5 Å². The summed E-state index contributed by atoms with van der Waals surface area (Å²) in [5.74, 6) is 0. The lowest BCUT2D eigenvalue weighted by atomic mass is 10.2. The van der Waals surface area contributed by atoms with Crippen LogP contribution in [0.2, 0.25) is 0 Å². The zero-order valence-electron chi connectivity index (χ0n) is 11.9. The molecule has 0 aliphatic rings. The molecule has 100 valence electrons. The fourth-order valence-electron chi connectivity index (χ4n) is 1.34. The number of rotatable bonds is 6. The van der Waals surface area contributed by atoms with Crippen molar-refractivity contribution in [1.29, 1.82) is 5.26 Å². The van der Waals surface area contributed by atoms with Gasteiger partial charge in [0.2, 0.25) is 0 Å². The number of hydrogen-bond acceptors (Lipinski definition) is 3. The quantitative estimate of drug-likeness (QED) is 0.783. The number of nitriles is 1. The van der Waals surface area contributed by atoms with Crippen molar-refractivity contribution in [1.82, 2.24) is 10.3 Å². The third-order valence-electron chi connectivity index (χ3n) is 2.42. The van der Waals surface area contributed by atoms with E-state index in [0.29, 0.717) is 5.56 Å².